The molecule has 0 aromatic carbocycles. The van der Waals surface area contributed by atoms with Gasteiger partial charge in [0, 0.05) is 55.4 Å². The van der Waals surface area contributed by atoms with Crippen LogP contribution in [0.25, 0.3) is 0 Å². The Morgan fingerprint density at radius 1 is 0.357 bits per heavy atom. The number of carbonyl (C=O) groups is 8. The highest BCUT2D eigenvalue weighted by atomic mass is 16.6. The lowest BCUT2D eigenvalue weighted by atomic mass is 9.97. The molecule has 0 bridgehead atoms. The number of ether oxygens (including phenoxy) is 8. The van der Waals surface area contributed by atoms with Crippen molar-refractivity contribution in [1.29, 1.82) is 0 Å². The summed E-state index contributed by atoms with van der Waals surface area (Å²) in [4.78, 5) is 94.4. The molecule has 16 nitrogen and oxygen atoms in total. The highest BCUT2D eigenvalue weighted by molar-refractivity contribution is 5.70. The quantitative estimate of drug-likeness (QED) is 0.163. The fourth-order valence-corrected chi connectivity index (χ4v) is 3.72. The fourth-order valence-electron chi connectivity index (χ4n) is 3.72. The van der Waals surface area contributed by atoms with Crippen molar-refractivity contribution in [2.45, 2.75) is 105 Å². The summed E-state index contributed by atoms with van der Waals surface area (Å²) in [5, 5.41) is 0. The first kappa shape index (κ1) is 37.8. The van der Waals surface area contributed by atoms with Gasteiger partial charge in [0.25, 0.3) is 0 Å². The minimum atomic E-state index is -1.52. The molecule has 0 spiro atoms. The fraction of sp³-hybridized carbons (Fsp3) is 0.692. The van der Waals surface area contributed by atoms with Crippen LogP contribution in [0.15, 0.2) is 0 Å². The molecular weight excluding hydrogens is 568 g/mol. The van der Waals surface area contributed by atoms with Crippen LogP contribution in [0.5, 0.6) is 0 Å². The molecule has 0 saturated heterocycles. The van der Waals surface area contributed by atoms with E-state index in [2.05, 4.69) is 0 Å². The van der Waals surface area contributed by atoms with E-state index in [1.54, 1.807) is 0 Å². The molecule has 0 heterocycles. The molecule has 0 amide bonds. The first-order valence-electron chi connectivity index (χ1n) is 12.7. The van der Waals surface area contributed by atoms with E-state index >= 15 is 0 Å². The molecule has 42 heavy (non-hydrogen) atoms. The summed E-state index contributed by atoms with van der Waals surface area (Å²) >= 11 is 0. The van der Waals surface area contributed by atoms with Crippen LogP contribution < -0.4 is 0 Å². The largest absolute Gasteiger partial charge is 0.462 e. The number of hydrogen-bond acceptors (Lipinski definition) is 16. The number of rotatable bonds is 17. The Hall–Kier alpha value is -4.24. The lowest BCUT2D eigenvalue weighted by Gasteiger charge is -2.34. The summed E-state index contributed by atoms with van der Waals surface area (Å²) in [6.45, 7) is 7.27. The van der Waals surface area contributed by atoms with Gasteiger partial charge in [0.2, 0.25) is 0 Å². The molecule has 238 valence electrons. The van der Waals surface area contributed by atoms with Crippen molar-refractivity contribution < 1.29 is 76.3 Å². The van der Waals surface area contributed by atoms with Gasteiger partial charge < -0.3 is 37.9 Å². The predicted octanol–water partition coefficient (Wildman–Crippen LogP) is 0.483. The molecule has 6 atom stereocenters. The standard InChI is InChI=1S/C26H38O16/c1-13(27)35-11-23(39-17(5)31)25(41-19(7)33)21(37-15(3)29)9-10-22(38-16(4)30)26(42-20(8)34)24(40-18(6)32)12-36-14(2)28/h21-26H,9-12H2,1-8H3/t21-,22-,23-,24-,25+,26+/m1/s1. The van der Waals surface area contributed by atoms with E-state index in [9.17, 15) is 38.4 Å². The maximum absolute atomic E-state index is 12.0. The molecule has 0 aliphatic heterocycles. The Bertz CT molecular complexity index is 911. The monoisotopic (exact) mass is 606 g/mol. The summed E-state index contributed by atoms with van der Waals surface area (Å²) < 4.78 is 41.6. The van der Waals surface area contributed by atoms with Crippen LogP contribution in [-0.4, -0.2) is 97.6 Å². The summed E-state index contributed by atoms with van der Waals surface area (Å²) in [6.07, 6.45) is -9.32. The molecule has 0 radical (unpaired) electrons. The normalized spacial score (nSPS) is 14.8. The third-order valence-corrected chi connectivity index (χ3v) is 4.98. The van der Waals surface area contributed by atoms with Crippen molar-refractivity contribution in [3.8, 4) is 0 Å². The summed E-state index contributed by atoms with van der Waals surface area (Å²) in [7, 11) is 0. The zero-order valence-corrected chi connectivity index (χ0v) is 24.8. The first-order chi connectivity index (χ1) is 19.4. The van der Waals surface area contributed by atoms with Crippen LogP contribution in [0.4, 0.5) is 0 Å². The van der Waals surface area contributed by atoms with Gasteiger partial charge in [-0.05, 0) is 12.8 Å². The van der Waals surface area contributed by atoms with E-state index < -0.39 is 97.6 Å². The third-order valence-electron chi connectivity index (χ3n) is 4.98. The second kappa shape index (κ2) is 19.0. The van der Waals surface area contributed by atoms with Gasteiger partial charge in [-0.1, -0.05) is 0 Å². The maximum atomic E-state index is 12.0. The number of carbonyl (C=O) groups excluding carboxylic acids is 8. The molecule has 0 unspecified atom stereocenters. The Labute approximate surface area is 242 Å². The molecule has 0 aliphatic carbocycles. The zero-order valence-electron chi connectivity index (χ0n) is 24.8. The summed E-state index contributed by atoms with van der Waals surface area (Å²) in [5.41, 5.74) is 0. The van der Waals surface area contributed by atoms with Crippen molar-refractivity contribution >= 4 is 47.8 Å². The van der Waals surface area contributed by atoms with Crippen LogP contribution in [0.3, 0.4) is 0 Å². The third kappa shape index (κ3) is 16.8. The summed E-state index contributed by atoms with van der Waals surface area (Å²) in [6, 6.07) is 0. The van der Waals surface area contributed by atoms with E-state index in [-0.39, 0.29) is 12.8 Å². The average Bonchev–Trinajstić information content (AvgIpc) is 2.82. The highest BCUT2D eigenvalue weighted by Gasteiger charge is 2.42. The van der Waals surface area contributed by atoms with E-state index in [1.165, 1.54) is 0 Å². The molecule has 16 heteroatoms. The van der Waals surface area contributed by atoms with Gasteiger partial charge in [-0.2, -0.15) is 0 Å². The van der Waals surface area contributed by atoms with E-state index in [4.69, 9.17) is 37.9 Å². The second-order valence-electron chi connectivity index (χ2n) is 8.92. The minimum absolute atomic E-state index is 0.300. The van der Waals surface area contributed by atoms with Crippen molar-refractivity contribution in [3.63, 3.8) is 0 Å². The minimum Gasteiger partial charge on any atom is -0.462 e. The molecule has 0 saturated carbocycles. The molecule has 0 aromatic heterocycles. The van der Waals surface area contributed by atoms with Gasteiger partial charge in [0.15, 0.2) is 24.4 Å². The Morgan fingerprint density at radius 2 is 0.595 bits per heavy atom. The van der Waals surface area contributed by atoms with Crippen LogP contribution >= 0.6 is 0 Å². The van der Waals surface area contributed by atoms with Gasteiger partial charge in [0.05, 0.1) is 0 Å². The second-order valence-corrected chi connectivity index (χ2v) is 8.92. The van der Waals surface area contributed by atoms with Crippen LogP contribution in [-0.2, 0) is 76.3 Å². The number of hydrogen-bond donors (Lipinski definition) is 0. The SMILES string of the molecule is CC(=O)OC[C@@H](OC(C)=O)[C@@H](OC(C)=O)[C@@H](CC[C@@H](OC(C)=O)[C@H](OC(C)=O)[C@@H](COC(C)=O)OC(C)=O)OC(C)=O. The van der Waals surface area contributed by atoms with E-state index in [1.807, 2.05) is 0 Å². The maximum Gasteiger partial charge on any atom is 0.303 e. The van der Waals surface area contributed by atoms with Gasteiger partial charge in [-0.3, -0.25) is 38.4 Å². The van der Waals surface area contributed by atoms with Crippen LogP contribution in [0.2, 0.25) is 0 Å². The molecule has 0 rings (SSSR count). The Kier molecular flexibility index (Phi) is 17.1. The highest BCUT2D eigenvalue weighted by Crippen LogP contribution is 2.24. The number of esters is 8. The summed E-state index contributed by atoms with van der Waals surface area (Å²) in [5.74, 6) is -6.62. The zero-order chi connectivity index (χ0) is 32.6. The lowest BCUT2D eigenvalue weighted by Crippen LogP contribution is -2.50. The van der Waals surface area contributed by atoms with Crippen LogP contribution in [0.1, 0.15) is 68.2 Å². The van der Waals surface area contributed by atoms with Gasteiger partial charge in [-0.25, -0.2) is 0 Å². The van der Waals surface area contributed by atoms with Crippen molar-refractivity contribution in [2.75, 3.05) is 13.2 Å². The first-order valence-corrected chi connectivity index (χ1v) is 12.7. The van der Waals surface area contributed by atoms with Gasteiger partial charge in [0.1, 0.15) is 25.4 Å². The molecule has 0 aromatic rings. The molecular formula is C26H38O16. The van der Waals surface area contributed by atoms with Gasteiger partial charge >= 0.3 is 47.8 Å². The molecule has 0 fully saturated rings. The van der Waals surface area contributed by atoms with Crippen molar-refractivity contribution in [2.24, 2.45) is 0 Å². The average molecular weight is 607 g/mol. The lowest BCUT2D eigenvalue weighted by molar-refractivity contribution is -0.195. The molecule has 0 N–H and O–H groups in total. The van der Waals surface area contributed by atoms with Gasteiger partial charge in [-0.15, -0.1) is 0 Å². The smallest absolute Gasteiger partial charge is 0.303 e. The topological polar surface area (TPSA) is 210 Å². The van der Waals surface area contributed by atoms with Crippen molar-refractivity contribution in [3.05, 3.63) is 0 Å². The Balaban J connectivity index is 6.60. The van der Waals surface area contributed by atoms with E-state index in [0.29, 0.717) is 0 Å². The Morgan fingerprint density at radius 3 is 0.810 bits per heavy atom. The van der Waals surface area contributed by atoms with E-state index in [0.717, 1.165) is 55.4 Å². The van der Waals surface area contributed by atoms with Crippen molar-refractivity contribution in [1.82, 2.24) is 0 Å². The van der Waals surface area contributed by atoms with Crippen LogP contribution in [0, 0.1) is 0 Å². The molecule has 0 aliphatic rings. The predicted molar refractivity (Wildman–Crippen MR) is 136 cm³/mol.